The van der Waals surface area contributed by atoms with Crippen molar-refractivity contribution in [2.75, 3.05) is 0 Å². The van der Waals surface area contributed by atoms with Crippen LogP contribution in [0.3, 0.4) is 0 Å². The van der Waals surface area contributed by atoms with Gasteiger partial charge in [0.15, 0.2) is 0 Å². The lowest BCUT2D eigenvalue weighted by molar-refractivity contribution is -0.132. The molecule has 3 rings (SSSR count). The molecular weight excluding hydrogens is 304 g/mol. The molecule has 0 aliphatic heterocycles. The van der Waals surface area contributed by atoms with Crippen LogP contribution in [0.4, 0.5) is 0 Å². The fraction of sp³-hybridized carbons (Fsp3) is 0.875. The van der Waals surface area contributed by atoms with Gasteiger partial charge in [-0.3, -0.25) is 4.79 Å². The van der Waals surface area contributed by atoms with E-state index in [1.54, 1.807) is 0 Å². The van der Waals surface area contributed by atoms with Crippen LogP contribution in [0.5, 0.6) is 0 Å². The first-order valence-electron chi connectivity index (χ1n) is 11.0. The Balaban J connectivity index is 1.73. The van der Waals surface area contributed by atoms with E-state index in [1.165, 1.54) is 32.1 Å². The predicted octanol–water partition coefficient (Wildman–Crippen LogP) is 6.53. The Morgan fingerprint density at radius 2 is 1.72 bits per heavy atom. The van der Waals surface area contributed by atoms with Crippen molar-refractivity contribution in [2.45, 2.75) is 80.1 Å². The molecule has 0 N–H and O–H groups in total. The van der Waals surface area contributed by atoms with E-state index in [-0.39, 0.29) is 0 Å². The van der Waals surface area contributed by atoms with Crippen molar-refractivity contribution in [2.24, 2.45) is 52.8 Å². The smallest absolute Gasteiger partial charge is 0.135 e. The Morgan fingerprint density at radius 1 is 1.00 bits per heavy atom. The molecule has 0 aromatic carbocycles. The largest absolute Gasteiger partial charge is 0.299 e. The van der Waals surface area contributed by atoms with Crippen LogP contribution < -0.4 is 0 Å². The van der Waals surface area contributed by atoms with Crippen LogP contribution in [0.1, 0.15) is 80.1 Å². The van der Waals surface area contributed by atoms with Gasteiger partial charge in [-0.1, -0.05) is 53.7 Å². The summed E-state index contributed by atoms with van der Waals surface area (Å²) in [5, 5.41) is 0. The van der Waals surface area contributed by atoms with Crippen LogP contribution in [0, 0.1) is 52.8 Å². The fourth-order valence-electron chi connectivity index (χ4n) is 6.74. The third-order valence-corrected chi connectivity index (χ3v) is 8.84. The standard InChI is InChI=1S/C24H40O/c1-15(2)16(3)7-8-17(4)21-10-11-22-20-9-12-23(25)18(5)19(20)13-14-24(21,22)6/h7-8,15-22H,9-14H2,1-6H3/b8-7+/t16-,17+,18-,19+,20+,21+,22-,24-/m0/s1. The normalized spacial score (nSPS) is 44.0. The Morgan fingerprint density at radius 3 is 2.40 bits per heavy atom. The zero-order valence-electron chi connectivity index (χ0n) is 17.4. The van der Waals surface area contributed by atoms with Gasteiger partial charge in [0.25, 0.3) is 0 Å². The minimum atomic E-state index is 0.326. The molecule has 3 aliphatic carbocycles. The third kappa shape index (κ3) is 3.37. The Labute approximate surface area is 156 Å². The topological polar surface area (TPSA) is 17.1 Å². The van der Waals surface area contributed by atoms with Crippen molar-refractivity contribution in [3.8, 4) is 0 Å². The molecule has 0 aromatic heterocycles. The summed E-state index contributed by atoms with van der Waals surface area (Å²) >= 11 is 0. The van der Waals surface area contributed by atoms with Crippen LogP contribution in [-0.2, 0) is 4.79 Å². The number of carbonyl (C=O) groups excluding carboxylic acids is 1. The lowest BCUT2D eigenvalue weighted by Crippen LogP contribution is -2.47. The second-order valence-corrected chi connectivity index (χ2v) is 10.3. The summed E-state index contributed by atoms with van der Waals surface area (Å²) in [6, 6.07) is 0. The van der Waals surface area contributed by atoms with Crippen molar-refractivity contribution < 1.29 is 4.79 Å². The third-order valence-electron chi connectivity index (χ3n) is 8.84. The molecule has 1 nitrogen and oxygen atoms in total. The summed E-state index contributed by atoms with van der Waals surface area (Å²) in [5.41, 5.74) is 0.506. The van der Waals surface area contributed by atoms with E-state index in [2.05, 4.69) is 53.7 Å². The molecule has 0 bridgehead atoms. The number of carbonyl (C=O) groups is 1. The highest BCUT2D eigenvalue weighted by Crippen LogP contribution is 2.63. The predicted molar refractivity (Wildman–Crippen MR) is 106 cm³/mol. The molecular formula is C24H40O. The summed E-state index contributed by atoms with van der Waals surface area (Å²) < 4.78 is 0. The first kappa shape index (κ1) is 19.2. The number of hydrogen-bond acceptors (Lipinski definition) is 1. The molecule has 0 radical (unpaired) electrons. The quantitative estimate of drug-likeness (QED) is 0.530. The maximum atomic E-state index is 12.2. The first-order valence-corrected chi connectivity index (χ1v) is 11.0. The van der Waals surface area contributed by atoms with E-state index in [1.807, 2.05) is 0 Å². The summed E-state index contributed by atoms with van der Waals surface area (Å²) in [6.07, 6.45) is 12.5. The Bertz CT molecular complexity index is 518. The van der Waals surface area contributed by atoms with Crippen LogP contribution in [-0.4, -0.2) is 5.78 Å². The van der Waals surface area contributed by atoms with Crippen LogP contribution in [0.15, 0.2) is 12.2 Å². The second kappa shape index (κ2) is 7.20. The van der Waals surface area contributed by atoms with E-state index < -0.39 is 0 Å². The van der Waals surface area contributed by atoms with Gasteiger partial charge in [0.05, 0.1) is 0 Å². The Hall–Kier alpha value is -0.590. The van der Waals surface area contributed by atoms with Crippen LogP contribution in [0.2, 0.25) is 0 Å². The van der Waals surface area contributed by atoms with E-state index in [4.69, 9.17) is 0 Å². The zero-order chi connectivity index (χ0) is 18.4. The average Bonchev–Trinajstić information content (AvgIpc) is 2.92. The molecule has 0 heterocycles. The molecule has 0 unspecified atom stereocenters. The molecule has 3 fully saturated rings. The van der Waals surface area contributed by atoms with Gasteiger partial charge in [0.2, 0.25) is 0 Å². The average molecular weight is 345 g/mol. The van der Waals surface area contributed by atoms with E-state index in [0.717, 1.165) is 30.1 Å². The number of fused-ring (bicyclic) bond motifs is 3. The molecule has 0 saturated heterocycles. The van der Waals surface area contributed by atoms with Crippen molar-refractivity contribution in [1.29, 1.82) is 0 Å². The summed E-state index contributed by atoms with van der Waals surface area (Å²) in [7, 11) is 0. The molecule has 0 amide bonds. The highest BCUT2D eigenvalue weighted by atomic mass is 16.1. The maximum Gasteiger partial charge on any atom is 0.135 e. The van der Waals surface area contributed by atoms with Gasteiger partial charge in [-0.05, 0) is 78.9 Å². The van der Waals surface area contributed by atoms with Crippen molar-refractivity contribution >= 4 is 5.78 Å². The SMILES string of the molecule is CC(C)[C@@H](C)/C=C/[C@@H](C)[C@H]1CC[C@H]2[C@@H]3CCC(=O)[C@@H](C)[C@H]3CC[C@@]12C. The summed E-state index contributed by atoms with van der Waals surface area (Å²) in [4.78, 5) is 12.2. The van der Waals surface area contributed by atoms with Crippen molar-refractivity contribution in [1.82, 2.24) is 0 Å². The number of Topliss-reactive ketones (excluding diaryl/α,β-unsaturated/α-hetero) is 1. The van der Waals surface area contributed by atoms with Gasteiger partial charge >= 0.3 is 0 Å². The number of allylic oxidation sites excluding steroid dienone is 2. The van der Waals surface area contributed by atoms with Gasteiger partial charge in [0.1, 0.15) is 5.78 Å². The van der Waals surface area contributed by atoms with E-state index in [0.29, 0.717) is 34.9 Å². The number of rotatable bonds is 4. The Kier molecular flexibility index (Phi) is 5.52. The fourth-order valence-corrected chi connectivity index (χ4v) is 6.74. The summed E-state index contributed by atoms with van der Waals surface area (Å²) in [5.74, 6) is 6.17. The molecule has 142 valence electrons. The zero-order valence-corrected chi connectivity index (χ0v) is 17.4. The summed E-state index contributed by atoms with van der Waals surface area (Å²) in [6.45, 7) is 14.3. The molecule has 1 heteroatoms. The molecule has 0 aromatic rings. The minimum Gasteiger partial charge on any atom is -0.299 e. The number of hydrogen-bond donors (Lipinski definition) is 0. The molecule has 8 atom stereocenters. The highest BCUT2D eigenvalue weighted by molar-refractivity contribution is 5.81. The van der Waals surface area contributed by atoms with Gasteiger partial charge < -0.3 is 0 Å². The van der Waals surface area contributed by atoms with Gasteiger partial charge in [-0.2, -0.15) is 0 Å². The second-order valence-electron chi connectivity index (χ2n) is 10.3. The van der Waals surface area contributed by atoms with E-state index >= 15 is 0 Å². The van der Waals surface area contributed by atoms with Gasteiger partial charge in [0, 0.05) is 12.3 Å². The molecule has 3 saturated carbocycles. The van der Waals surface area contributed by atoms with Crippen molar-refractivity contribution in [3.63, 3.8) is 0 Å². The van der Waals surface area contributed by atoms with E-state index in [9.17, 15) is 4.79 Å². The highest BCUT2D eigenvalue weighted by Gasteiger charge is 2.56. The maximum absolute atomic E-state index is 12.2. The minimum absolute atomic E-state index is 0.326. The monoisotopic (exact) mass is 344 g/mol. The van der Waals surface area contributed by atoms with Crippen molar-refractivity contribution in [3.05, 3.63) is 12.2 Å². The molecule has 0 spiro atoms. The van der Waals surface area contributed by atoms with Crippen LogP contribution >= 0.6 is 0 Å². The molecule has 25 heavy (non-hydrogen) atoms. The number of ketones is 1. The van der Waals surface area contributed by atoms with Gasteiger partial charge in [-0.25, -0.2) is 0 Å². The lowest BCUT2D eigenvalue weighted by Gasteiger charge is -2.52. The molecule has 3 aliphatic rings. The first-order chi connectivity index (χ1) is 11.8. The van der Waals surface area contributed by atoms with Gasteiger partial charge in [-0.15, -0.1) is 0 Å². The van der Waals surface area contributed by atoms with Crippen LogP contribution in [0.25, 0.3) is 0 Å². The lowest BCUT2D eigenvalue weighted by atomic mass is 9.52.